The van der Waals surface area contributed by atoms with Crippen molar-refractivity contribution < 1.29 is 14.2 Å². The molecule has 3 atom stereocenters. The summed E-state index contributed by atoms with van der Waals surface area (Å²) in [6.07, 6.45) is 4.26. The summed E-state index contributed by atoms with van der Waals surface area (Å²) in [6.45, 7) is 5.00. The molecule has 1 N–H and O–H groups in total. The molecule has 1 saturated carbocycles. The minimum atomic E-state index is -0.667. The monoisotopic (exact) mass is 293 g/mol. The number of ether oxygens (including phenoxy) is 1. The van der Waals surface area contributed by atoms with Crippen LogP contribution in [0.4, 0.5) is 10.1 Å². The Bertz CT molecular complexity index is 516. The molecule has 21 heavy (non-hydrogen) atoms. The van der Waals surface area contributed by atoms with Crippen LogP contribution in [0.25, 0.3) is 0 Å². The summed E-state index contributed by atoms with van der Waals surface area (Å²) in [5.41, 5.74) is 2.29. The average Bonchev–Trinajstić information content (AvgIpc) is 2.49. The van der Waals surface area contributed by atoms with Crippen molar-refractivity contribution in [2.24, 2.45) is 0 Å². The Morgan fingerprint density at radius 3 is 2.86 bits per heavy atom. The number of anilines is 1. The summed E-state index contributed by atoms with van der Waals surface area (Å²) >= 11 is 0. The molecule has 1 heterocycles. The van der Waals surface area contributed by atoms with E-state index in [9.17, 15) is 9.50 Å². The first-order valence-corrected chi connectivity index (χ1v) is 7.94. The lowest BCUT2D eigenvalue weighted by molar-refractivity contribution is -0.00888. The number of aliphatic hydroxyl groups excluding tert-OH is 1. The number of nitrogens with zero attached hydrogens (tertiary/aromatic N) is 1. The first-order valence-electron chi connectivity index (χ1n) is 7.94. The first-order chi connectivity index (χ1) is 10.1. The van der Waals surface area contributed by atoms with Crippen LogP contribution >= 0.6 is 0 Å². The zero-order chi connectivity index (χ0) is 15.0. The third kappa shape index (κ3) is 2.79. The maximum atomic E-state index is 13.9. The van der Waals surface area contributed by atoms with Gasteiger partial charge in [0.25, 0.3) is 0 Å². The number of hydrogen-bond acceptors (Lipinski definition) is 3. The van der Waals surface area contributed by atoms with Crippen LogP contribution in [-0.2, 0) is 4.74 Å². The average molecular weight is 293 g/mol. The second-order valence-corrected chi connectivity index (χ2v) is 6.29. The number of rotatable bonds is 2. The van der Waals surface area contributed by atoms with E-state index in [0.717, 1.165) is 25.1 Å². The molecule has 0 amide bonds. The molecule has 2 aliphatic rings. The van der Waals surface area contributed by atoms with E-state index in [2.05, 4.69) is 4.90 Å². The van der Waals surface area contributed by atoms with Crippen LogP contribution in [0.5, 0.6) is 0 Å². The molecule has 1 aromatic carbocycles. The molecule has 0 spiro atoms. The number of aryl methyl sites for hydroxylation is 1. The Hall–Kier alpha value is -1.13. The Morgan fingerprint density at radius 1 is 1.33 bits per heavy atom. The molecule has 116 valence electrons. The van der Waals surface area contributed by atoms with Crippen molar-refractivity contribution in [1.82, 2.24) is 0 Å². The highest BCUT2D eigenvalue weighted by Gasteiger charge is 2.35. The van der Waals surface area contributed by atoms with Gasteiger partial charge in [0.1, 0.15) is 5.82 Å². The molecular formula is C17H24FNO2. The maximum absolute atomic E-state index is 13.9. The number of benzene rings is 1. The molecule has 1 aliphatic carbocycles. The van der Waals surface area contributed by atoms with Gasteiger partial charge in [-0.05, 0) is 44.4 Å². The van der Waals surface area contributed by atoms with Gasteiger partial charge in [0.2, 0.25) is 0 Å². The van der Waals surface area contributed by atoms with Gasteiger partial charge in [-0.3, -0.25) is 0 Å². The van der Waals surface area contributed by atoms with Crippen molar-refractivity contribution >= 4 is 5.69 Å². The fourth-order valence-electron chi connectivity index (χ4n) is 3.66. The van der Waals surface area contributed by atoms with E-state index in [-0.39, 0.29) is 11.9 Å². The molecular weight excluding hydrogens is 269 g/mol. The topological polar surface area (TPSA) is 32.7 Å². The van der Waals surface area contributed by atoms with Crippen molar-refractivity contribution in [3.8, 4) is 0 Å². The van der Waals surface area contributed by atoms with E-state index in [1.165, 1.54) is 18.9 Å². The predicted octanol–water partition coefficient (Wildman–Crippen LogP) is 3.34. The number of aliphatic hydroxyl groups is 1. The second kappa shape index (κ2) is 5.93. The first kappa shape index (κ1) is 14.8. The Morgan fingerprint density at radius 2 is 2.10 bits per heavy atom. The number of halogens is 1. The van der Waals surface area contributed by atoms with E-state index in [1.807, 2.05) is 6.07 Å². The molecule has 4 heteroatoms. The molecule has 1 saturated heterocycles. The Kier molecular flexibility index (Phi) is 4.18. The van der Waals surface area contributed by atoms with Crippen LogP contribution in [0.1, 0.15) is 49.8 Å². The SMILES string of the molecule is Cc1cc(N2CCOC3CCCCC32)c([C@H](C)O)cc1F. The number of hydrogen-bond donors (Lipinski definition) is 1. The fraction of sp³-hybridized carbons (Fsp3) is 0.647. The Labute approximate surface area is 125 Å². The van der Waals surface area contributed by atoms with Crippen LogP contribution in [0.15, 0.2) is 12.1 Å². The van der Waals surface area contributed by atoms with Gasteiger partial charge >= 0.3 is 0 Å². The van der Waals surface area contributed by atoms with Gasteiger partial charge < -0.3 is 14.7 Å². The van der Waals surface area contributed by atoms with E-state index in [4.69, 9.17) is 4.74 Å². The van der Waals surface area contributed by atoms with E-state index >= 15 is 0 Å². The third-order valence-electron chi connectivity index (χ3n) is 4.80. The second-order valence-electron chi connectivity index (χ2n) is 6.29. The zero-order valence-electron chi connectivity index (χ0n) is 12.8. The molecule has 0 bridgehead atoms. The highest BCUT2D eigenvalue weighted by Crippen LogP contribution is 2.36. The third-order valence-corrected chi connectivity index (χ3v) is 4.80. The van der Waals surface area contributed by atoms with Crippen molar-refractivity contribution in [2.75, 3.05) is 18.1 Å². The summed E-state index contributed by atoms with van der Waals surface area (Å²) in [4.78, 5) is 2.34. The molecule has 2 unspecified atom stereocenters. The van der Waals surface area contributed by atoms with Gasteiger partial charge in [-0.1, -0.05) is 12.8 Å². The molecule has 0 aromatic heterocycles. The van der Waals surface area contributed by atoms with E-state index in [0.29, 0.717) is 23.8 Å². The highest BCUT2D eigenvalue weighted by molar-refractivity contribution is 5.58. The van der Waals surface area contributed by atoms with Gasteiger partial charge in [-0.2, -0.15) is 0 Å². The van der Waals surface area contributed by atoms with Gasteiger partial charge in [0.15, 0.2) is 0 Å². The molecule has 3 rings (SSSR count). The van der Waals surface area contributed by atoms with Crippen molar-refractivity contribution in [1.29, 1.82) is 0 Å². The van der Waals surface area contributed by atoms with Crippen LogP contribution < -0.4 is 4.90 Å². The highest BCUT2D eigenvalue weighted by atomic mass is 19.1. The minimum Gasteiger partial charge on any atom is -0.389 e. The lowest BCUT2D eigenvalue weighted by Gasteiger charge is -2.46. The van der Waals surface area contributed by atoms with E-state index in [1.54, 1.807) is 13.8 Å². The zero-order valence-corrected chi connectivity index (χ0v) is 12.8. The van der Waals surface area contributed by atoms with Crippen molar-refractivity contribution in [3.05, 3.63) is 29.1 Å². The van der Waals surface area contributed by atoms with Crippen LogP contribution in [-0.4, -0.2) is 30.4 Å². The molecule has 0 radical (unpaired) electrons. The standard InChI is InChI=1S/C17H24FNO2/c1-11-9-16(13(12(2)20)10-14(11)18)19-7-8-21-17-6-4-3-5-15(17)19/h9-10,12,15,17,20H,3-8H2,1-2H3/t12-,15?,17?/m0/s1. The lowest BCUT2D eigenvalue weighted by atomic mass is 9.89. The van der Waals surface area contributed by atoms with Crippen LogP contribution in [0.3, 0.4) is 0 Å². The number of morpholine rings is 1. The predicted molar refractivity (Wildman–Crippen MR) is 81.1 cm³/mol. The molecule has 2 fully saturated rings. The summed E-state index contributed by atoms with van der Waals surface area (Å²) in [7, 11) is 0. The normalized spacial score (nSPS) is 27.3. The van der Waals surface area contributed by atoms with Gasteiger partial charge in [-0.15, -0.1) is 0 Å². The fourth-order valence-corrected chi connectivity index (χ4v) is 3.66. The van der Waals surface area contributed by atoms with Crippen LogP contribution in [0.2, 0.25) is 0 Å². The minimum absolute atomic E-state index is 0.247. The van der Waals surface area contributed by atoms with Crippen molar-refractivity contribution in [2.45, 2.75) is 57.8 Å². The van der Waals surface area contributed by atoms with E-state index < -0.39 is 6.10 Å². The lowest BCUT2D eigenvalue weighted by Crippen LogP contribution is -2.53. The molecule has 1 aliphatic heterocycles. The summed E-state index contributed by atoms with van der Waals surface area (Å²) in [5, 5.41) is 10.0. The van der Waals surface area contributed by atoms with Crippen LogP contribution in [0, 0.1) is 12.7 Å². The molecule has 3 nitrogen and oxygen atoms in total. The molecule has 1 aromatic rings. The largest absolute Gasteiger partial charge is 0.389 e. The summed E-state index contributed by atoms with van der Waals surface area (Å²) < 4.78 is 19.8. The quantitative estimate of drug-likeness (QED) is 0.908. The summed E-state index contributed by atoms with van der Waals surface area (Å²) in [6, 6.07) is 3.73. The smallest absolute Gasteiger partial charge is 0.126 e. The van der Waals surface area contributed by atoms with Gasteiger partial charge in [0, 0.05) is 17.8 Å². The Balaban J connectivity index is 1.99. The number of fused-ring (bicyclic) bond motifs is 1. The summed E-state index contributed by atoms with van der Waals surface area (Å²) in [5.74, 6) is -0.247. The van der Waals surface area contributed by atoms with Gasteiger partial charge in [0.05, 0.1) is 24.9 Å². The van der Waals surface area contributed by atoms with Crippen molar-refractivity contribution in [3.63, 3.8) is 0 Å². The maximum Gasteiger partial charge on any atom is 0.126 e. The van der Waals surface area contributed by atoms with Gasteiger partial charge in [-0.25, -0.2) is 4.39 Å².